The summed E-state index contributed by atoms with van der Waals surface area (Å²) in [5.74, 6) is 2.99. The van der Waals surface area contributed by atoms with Crippen molar-refractivity contribution in [2.75, 3.05) is 0 Å². The first-order chi connectivity index (χ1) is 17.4. The minimum Gasteiger partial charge on any atom is -0.457 e. The predicted octanol–water partition coefficient (Wildman–Crippen LogP) is 0.0905. The zero-order chi connectivity index (χ0) is 25.1. The van der Waals surface area contributed by atoms with E-state index < -0.39 is 7.12 Å². The molecule has 1 aromatic heterocycles. The van der Waals surface area contributed by atoms with Gasteiger partial charge in [0.15, 0.2) is 0 Å². The van der Waals surface area contributed by atoms with Gasteiger partial charge in [-0.2, -0.15) is 0 Å². The molecule has 0 aliphatic carbocycles. The molecular formula is C31H37B2NO5Rb2. The van der Waals surface area contributed by atoms with Gasteiger partial charge in [-0.1, -0.05) is 50.1 Å². The molecule has 6 rings (SSSR count). The Morgan fingerprint density at radius 1 is 0.707 bits per heavy atom. The van der Waals surface area contributed by atoms with Gasteiger partial charge in [-0.05, 0) is 77.9 Å². The van der Waals surface area contributed by atoms with Crippen LogP contribution in [0.4, 0.5) is 0 Å². The van der Waals surface area contributed by atoms with Crippen molar-refractivity contribution in [3.05, 3.63) is 116 Å². The average molecular weight is 696 g/mol. The first kappa shape index (κ1) is 41.0. The summed E-state index contributed by atoms with van der Waals surface area (Å²) in [7, 11) is -0.813. The minimum absolute atomic E-state index is 0. The maximum absolute atomic E-state index is 9.52. The number of pyridine rings is 1. The van der Waals surface area contributed by atoms with Crippen LogP contribution in [0.25, 0.3) is 0 Å². The molecule has 0 fully saturated rings. The summed E-state index contributed by atoms with van der Waals surface area (Å²) in [4.78, 5) is 4.18. The fraction of sp³-hybridized carbons (Fsp3) is 0.194. The van der Waals surface area contributed by atoms with Crippen molar-refractivity contribution in [1.29, 1.82) is 0 Å². The van der Waals surface area contributed by atoms with E-state index in [-0.39, 0.29) is 146 Å². The van der Waals surface area contributed by atoms with Gasteiger partial charge in [0.2, 0.25) is 5.88 Å². The van der Waals surface area contributed by atoms with Gasteiger partial charge in [0.1, 0.15) is 17.2 Å². The van der Waals surface area contributed by atoms with Gasteiger partial charge in [0, 0.05) is 12.3 Å². The van der Waals surface area contributed by atoms with Crippen LogP contribution >= 0.6 is 0 Å². The SMILES string of the molecule is C.CB1OCc2cc(Oc3ccc(C)cc3)ccc21.Cc1ccc(Oc2ccc3c(c2)COB3O)nc1.[CH3-].[CH3-].[Rb+].[Rb+]. The molecule has 204 valence electrons. The molecule has 4 aromatic rings. The average Bonchev–Trinajstić information content (AvgIpc) is 3.44. The molecule has 2 aliphatic heterocycles. The van der Waals surface area contributed by atoms with Gasteiger partial charge in [0.25, 0.3) is 0 Å². The quantitative estimate of drug-likeness (QED) is 0.241. The van der Waals surface area contributed by atoms with Gasteiger partial charge >= 0.3 is 130 Å². The summed E-state index contributed by atoms with van der Waals surface area (Å²) in [6.45, 7) is 7.42. The van der Waals surface area contributed by atoms with Crippen molar-refractivity contribution in [2.24, 2.45) is 0 Å². The maximum Gasteiger partial charge on any atom is 1.00 e. The van der Waals surface area contributed by atoms with E-state index in [9.17, 15) is 5.02 Å². The smallest absolute Gasteiger partial charge is 0.457 e. The molecule has 0 saturated heterocycles. The number of benzene rings is 3. The van der Waals surface area contributed by atoms with E-state index in [0.717, 1.165) is 28.1 Å². The summed E-state index contributed by atoms with van der Waals surface area (Å²) in [5.41, 5.74) is 6.58. The predicted molar refractivity (Wildman–Crippen MR) is 161 cm³/mol. The van der Waals surface area contributed by atoms with Crippen molar-refractivity contribution in [1.82, 2.24) is 4.98 Å². The Bertz CT molecular complexity index is 1250. The normalized spacial score (nSPS) is 11.9. The second kappa shape index (κ2) is 19.4. The zero-order valence-electron chi connectivity index (χ0n) is 24.6. The van der Waals surface area contributed by atoms with E-state index in [2.05, 4.69) is 30.9 Å². The second-order valence-electron chi connectivity index (χ2n) is 9.03. The van der Waals surface area contributed by atoms with Crippen LogP contribution in [0.2, 0.25) is 6.82 Å². The largest absolute Gasteiger partial charge is 1.00 e. The first-order valence-corrected chi connectivity index (χ1v) is 12.0. The summed E-state index contributed by atoms with van der Waals surface area (Å²) in [6.07, 6.45) is 1.76. The molecule has 0 bridgehead atoms. The maximum atomic E-state index is 9.52. The Kier molecular flexibility index (Phi) is 19.4. The monoisotopic (exact) mass is 695 g/mol. The van der Waals surface area contributed by atoms with Crippen LogP contribution in [0.3, 0.4) is 0 Å². The Morgan fingerprint density at radius 2 is 1.24 bits per heavy atom. The molecule has 0 amide bonds. The third-order valence-corrected chi connectivity index (χ3v) is 6.18. The number of aryl methyl sites for hydroxylation is 2. The van der Waals surface area contributed by atoms with Crippen molar-refractivity contribution in [2.45, 2.75) is 41.3 Å². The number of hydrogen-bond acceptors (Lipinski definition) is 6. The Labute approximate surface area is 344 Å². The number of ether oxygens (including phenoxy) is 2. The van der Waals surface area contributed by atoms with Crippen LogP contribution in [-0.4, -0.2) is 24.0 Å². The van der Waals surface area contributed by atoms with Crippen molar-refractivity contribution < 1.29 is 140 Å². The second-order valence-corrected chi connectivity index (χ2v) is 9.03. The molecule has 10 heteroatoms. The Balaban J connectivity index is 0.000000696. The molecular weight excluding hydrogens is 659 g/mol. The topological polar surface area (TPSA) is 70.0 Å². The molecule has 0 atom stereocenters. The fourth-order valence-corrected chi connectivity index (χ4v) is 4.12. The van der Waals surface area contributed by atoms with E-state index in [1.165, 1.54) is 16.6 Å². The number of rotatable bonds is 4. The molecule has 3 heterocycles. The summed E-state index contributed by atoms with van der Waals surface area (Å²) < 4.78 is 22.2. The fourth-order valence-electron chi connectivity index (χ4n) is 4.12. The molecule has 2 aliphatic rings. The third-order valence-electron chi connectivity index (χ3n) is 6.18. The van der Waals surface area contributed by atoms with E-state index in [4.69, 9.17) is 18.8 Å². The number of hydrogen-bond donors (Lipinski definition) is 1. The van der Waals surface area contributed by atoms with E-state index in [0.29, 0.717) is 24.8 Å². The Hall–Kier alpha value is 0.0303. The molecule has 0 radical (unpaired) electrons. The Morgan fingerprint density at radius 3 is 1.88 bits per heavy atom. The molecule has 1 N–H and O–H groups in total. The van der Waals surface area contributed by atoms with Crippen LogP contribution in [0.5, 0.6) is 23.1 Å². The summed E-state index contributed by atoms with van der Waals surface area (Å²) in [5, 5.41) is 9.52. The number of nitrogens with zero attached hydrogens (tertiary/aromatic N) is 1. The van der Waals surface area contributed by atoms with Gasteiger partial charge in [-0.25, -0.2) is 4.98 Å². The number of fused-ring (bicyclic) bond motifs is 2. The summed E-state index contributed by atoms with van der Waals surface area (Å²) >= 11 is 0. The molecule has 41 heavy (non-hydrogen) atoms. The zero-order valence-corrected chi connectivity index (χ0v) is 34.4. The van der Waals surface area contributed by atoms with Crippen LogP contribution < -0.4 is 137 Å². The van der Waals surface area contributed by atoms with Gasteiger partial charge in [-0.3, -0.25) is 0 Å². The first-order valence-electron chi connectivity index (χ1n) is 12.0. The van der Waals surface area contributed by atoms with E-state index in [1.807, 2.05) is 61.5 Å². The third kappa shape index (κ3) is 11.2. The van der Waals surface area contributed by atoms with Crippen LogP contribution in [0.15, 0.2) is 79.0 Å². The van der Waals surface area contributed by atoms with Crippen molar-refractivity contribution in [3.8, 4) is 23.1 Å². The van der Waals surface area contributed by atoms with Crippen LogP contribution in [0, 0.1) is 28.7 Å². The molecule has 0 spiro atoms. The standard InChI is InChI=1S/C15H15BO2.C13H12BNO3.CH4.2CH3.2Rb/c1-11-3-5-13(6-4-11)18-14-7-8-15-12(9-14)10-17-16(15)2;1-9-2-5-13(15-7-9)18-11-3-4-12-10(6-11)8-17-14(12)16;;;;;/h3-9H,10H2,1-2H3;2-7,16H,8H2,1H3;1H4;2*1H3;;/q;;;2*-1;2*+1. The number of aromatic nitrogens is 1. The molecule has 3 aromatic carbocycles. The van der Waals surface area contributed by atoms with Gasteiger partial charge in [-0.15, -0.1) is 0 Å². The molecule has 0 unspecified atom stereocenters. The summed E-state index contributed by atoms with van der Waals surface area (Å²) in [6, 6.07) is 23.5. The minimum atomic E-state index is -0.813. The van der Waals surface area contributed by atoms with Crippen LogP contribution in [-0.2, 0) is 22.5 Å². The van der Waals surface area contributed by atoms with E-state index >= 15 is 0 Å². The van der Waals surface area contributed by atoms with Crippen molar-refractivity contribution >= 4 is 25.0 Å². The molecule has 6 nitrogen and oxygen atoms in total. The van der Waals surface area contributed by atoms with Crippen molar-refractivity contribution in [3.63, 3.8) is 0 Å². The van der Waals surface area contributed by atoms with Crippen LogP contribution in [0.1, 0.15) is 29.7 Å². The van der Waals surface area contributed by atoms with E-state index in [1.54, 1.807) is 12.3 Å². The van der Waals surface area contributed by atoms with Gasteiger partial charge < -0.3 is 38.7 Å². The van der Waals surface area contributed by atoms with Gasteiger partial charge in [0.05, 0.1) is 13.2 Å². The molecule has 0 saturated carbocycles.